The van der Waals surface area contributed by atoms with E-state index >= 15 is 0 Å². The Kier molecular flexibility index (Phi) is 6.07. The SMILES string of the molecule is CCCCNC(=O)c1ccc(COc2ccc(C(C)(C)C)cc2)o1. The third-order valence-electron chi connectivity index (χ3n) is 3.80. The molecule has 4 heteroatoms. The van der Waals surface area contributed by atoms with E-state index in [1.165, 1.54) is 5.56 Å². The molecule has 0 spiro atoms. The molecule has 1 aromatic heterocycles. The Morgan fingerprint density at radius 1 is 1.12 bits per heavy atom. The molecular weight excluding hydrogens is 302 g/mol. The maximum Gasteiger partial charge on any atom is 0.286 e. The van der Waals surface area contributed by atoms with Gasteiger partial charge in [-0.05, 0) is 41.7 Å². The molecule has 130 valence electrons. The molecule has 0 unspecified atom stereocenters. The fourth-order valence-electron chi connectivity index (χ4n) is 2.25. The fourth-order valence-corrected chi connectivity index (χ4v) is 2.25. The minimum absolute atomic E-state index is 0.125. The predicted octanol–water partition coefficient (Wildman–Crippen LogP) is 4.69. The number of unbranched alkanes of at least 4 members (excludes halogenated alkanes) is 1. The van der Waals surface area contributed by atoms with Gasteiger partial charge in [0, 0.05) is 6.54 Å². The third kappa shape index (κ3) is 5.15. The standard InChI is InChI=1S/C20H27NO3/c1-5-6-13-21-19(22)18-12-11-17(24-18)14-23-16-9-7-15(8-10-16)20(2,3)4/h7-12H,5-6,13-14H2,1-4H3,(H,21,22). The van der Waals surface area contributed by atoms with Gasteiger partial charge in [-0.2, -0.15) is 0 Å². The van der Waals surface area contributed by atoms with Crippen LogP contribution in [0.25, 0.3) is 0 Å². The highest BCUT2D eigenvalue weighted by Crippen LogP contribution is 2.24. The first kappa shape index (κ1) is 18.1. The molecule has 1 N–H and O–H groups in total. The summed E-state index contributed by atoms with van der Waals surface area (Å²) in [4.78, 5) is 11.9. The second-order valence-electron chi connectivity index (χ2n) is 6.94. The summed E-state index contributed by atoms with van der Waals surface area (Å²) in [6, 6.07) is 11.5. The van der Waals surface area contributed by atoms with E-state index in [1.807, 2.05) is 12.1 Å². The van der Waals surface area contributed by atoms with E-state index in [9.17, 15) is 4.79 Å². The van der Waals surface area contributed by atoms with E-state index in [2.05, 4.69) is 45.1 Å². The Morgan fingerprint density at radius 2 is 1.83 bits per heavy atom. The molecule has 0 aliphatic carbocycles. The van der Waals surface area contributed by atoms with Crippen molar-refractivity contribution in [3.63, 3.8) is 0 Å². The average Bonchev–Trinajstić information content (AvgIpc) is 3.02. The normalized spacial score (nSPS) is 11.3. The molecule has 0 aliphatic rings. The Labute approximate surface area is 144 Å². The van der Waals surface area contributed by atoms with Crippen molar-refractivity contribution >= 4 is 5.91 Å². The van der Waals surface area contributed by atoms with Gasteiger partial charge in [0.05, 0.1) is 0 Å². The molecule has 0 radical (unpaired) electrons. The zero-order valence-electron chi connectivity index (χ0n) is 15.0. The van der Waals surface area contributed by atoms with Crippen LogP contribution in [-0.2, 0) is 12.0 Å². The van der Waals surface area contributed by atoms with Gasteiger partial charge < -0.3 is 14.5 Å². The number of amides is 1. The molecule has 2 rings (SSSR count). The first-order valence-electron chi connectivity index (χ1n) is 8.50. The van der Waals surface area contributed by atoms with Crippen LogP contribution in [0.2, 0.25) is 0 Å². The van der Waals surface area contributed by atoms with Crippen molar-refractivity contribution in [1.29, 1.82) is 0 Å². The van der Waals surface area contributed by atoms with Crippen LogP contribution < -0.4 is 10.1 Å². The molecular formula is C20H27NO3. The van der Waals surface area contributed by atoms with Crippen LogP contribution >= 0.6 is 0 Å². The topological polar surface area (TPSA) is 51.5 Å². The molecule has 1 aromatic carbocycles. The summed E-state index contributed by atoms with van der Waals surface area (Å²) in [7, 11) is 0. The lowest BCUT2D eigenvalue weighted by Crippen LogP contribution is -2.23. The number of hydrogen-bond acceptors (Lipinski definition) is 3. The maximum atomic E-state index is 11.9. The number of ether oxygens (including phenoxy) is 1. The minimum Gasteiger partial charge on any atom is -0.486 e. The van der Waals surface area contributed by atoms with Gasteiger partial charge in [0.2, 0.25) is 0 Å². The molecule has 4 nitrogen and oxygen atoms in total. The van der Waals surface area contributed by atoms with Crippen LogP contribution in [0.15, 0.2) is 40.8 Å². The number of carbonyl (C=O) groups is 1. The molecule has 0 atom stereocenters. The van der Waals surface area contributed by atoms with E-state index in [1.54, 1.807) is 12.1 Å². The lowest BCUT2D eigenvalue weighted by molar-refractivity contribution is 0.0921. The van der Waals surface area contributed by atoms with Gasteiger partial charge in [-0.15, -0.1) is 0 Å². The van der Waals surface area contributed by atoms with E-state index in [0.717, 1.165) is 18.6 Å². The van der Waals surface area contributed by atoms with Crippen molar-refractivity contribution in [2.45, 2.75) is 52.6 Å². The molecule has 1 amide bonds. The van der Waals surface area contributed by atoms with Gasteiger partial charge >= 0.3 is 0 Å². The summed E-state index contributed by atoms with van der Waals surface area (Å²) in [5.41, 5.74) is 1.39. The third-order valence-corrected chi connectivity index (χ3v) is 3.80. The van der Waals surface area contributed by atoms with Gasteiger partial charge in [-0.1, -0.05) is 46.2 Å². The highest BCUT2D eigenvalue weighted by Gasteiger charge is 2.13. The molecule has 0 saturated heterocycles. The van der Waals surface area contributed by atoms with Crippen molar-refractivity contribution < 1.29 is 13.9 Å². The summed E-state index contributed by atoms with van der Waals surface area (Å²) >= 11 is 0. The van der Waals surface area contributed by atoms with Gasteiger partial charge in [-0.25, -0.2) is 0 Å². The molecule has 0 saturated carbocycles. The van der Waals surface area contributed by atoms with Crippen molar-refractivity contribution in [3.05, 3.63) is 53.5 Å². The summed E-state index contributed by atoms with van der Waals surface area (Å²) in [5.74, 6) is 1.57. The predicted molar refractivity (Wildman–Crippen MR) is 95.4 cm³/mol. The Hall–Kier alpha value is -2.23. The number of furan rings is 1. The Balaban J connectivity index is 1.87. The fraction of sp³-hybridized carbons (Fsp3) is 0.450. The quantitative estimate of drug-likeness (QED) is 0.750. The van der Waals surface area contributed by atoms with Crippen LogP contribution in [0.5, 0.6) is 5.75 Å². The highest BCUT2D eigenvalue weighted by molar-refractivity contribution is 5.91. The first-order chi connectivity index (χ1) is 11.4. The number of benzene rings is 1. The van der Waals surface area contributed by atoms with E-state index in [4.69, 9.17) is 9.15 Å². The second-order valence-corrected chi connectivity index (χ2v) is 6.94. The number of hydrogen-bond donors (Lipinski definition) is 1. The molecule has 0 aliphatic heterocycles. The van der Waals surface area contributed by atoms with Gasteiger partial charge in [0.1, 0.15) is 18.1 Å². The summed E-state index contributed by atoms with van der Waals surface area (Å²) in [6.45, 7) is 9.60. The smallest absolute Gasteiger partial charge is 0.286 e. The molecule has 1 heterocycles. The van der Waals surface area contributed by atoms with E-state index < -0.39 is 0 Å². The second kappa shape index (κ2) is 8.04. The Bertz CT molecular complexity index is 650. The van der Waals surface area contributed by atoms with Crippen LogP contribution in [0, 0.1) is 0 Å². The molecule has 0 fully saturated rings. The largest absolute Gasteiger partial charge is 0.486 e. The van der Waals surface area contributed by atoms with Crippen molar-refractivity contribution in [3.8, 4) is 5.75 Å². The van der Waals surface area contributed by atoms with Gasteiger partial charge in [0.25, 0.3) is 5.91 Å². The van der Waals surface area contributed by atoms with Crippen molar-refractivity contribution in [2.75, 3.05) is 6.54 Å². The zero-order valence-corrected chi connectivity index (χ0v) is 15.0. The summed E-state index contributed by atoms with van der Waals surface area (Å²) in [6.07, 6.45) is 2.01. The Morgan fingerprint density at radius 3 is 2.46 bits per heavy atom. The monoisotopic (exact) mass is 329 g/mol. The molecule has 2 aromatic rings. The van der Waals surface area contributed by atoms with Crippen LogP contribution in [0.4, 0.5) is 0 Å². The van der Waals surface area contributed by atoms with Gasteiger partial charge in [-0.3, -0.25) is 4.79 Å². The molecule has 24 heavy (non-hydrogen) atoms. The van der Waals surface area contributed by atoms with E-state index in [0.29, 0.717) is 24.7 Å². The summed E-state index contributed by atoms with van der Waals surface area (Å²) in [5, 5.41) is 2.83. The number of nitrogens with one attached hydrogen (secondary N) is 1. The average molecular weight is 329 g/mol. The first-order valence-corrected chi connectivity index (χ1v) is 8.50. The van der Waals surface area contributed by atoms with Crippen LogP contribution in [-0.4, -0.2) is 12.5 Å². The number of carbonyl (C=O) groups excluding carboxylic acids is 1. The summed E-state index contributed by atoms with van der Waals surface area (Å²) < 4.78 is 11.3. The number of rotatable bonds is 7. The van der Waals surface area contributed by atoms with Gasteiger partial charge in [0.15, 0.2) is 5.76 Å². The van der Waals surface area contributed by atoms with Crippen LogP contribution in [0.3, 0.4) is 0 Å². The van der Waals surface area contributed by atoms with Crippen LogP contribution in [0.1, 0.15) is 62.4 Å². The lowest BCUT2D eigenvalue weighted by Gasteiger charge is -2.19. The van der Waals surface area contributed by atoms with Crippen molar-refractivity contribution in [1.82, 2.24) is 5.32 Å². The minimum atomic E-state index is -0.177. The van der Waals surface area contributed by atoms with Crippen molar-refractivity contribution in [2.24, 2.45) is 0 Å². The maximum absolute atomic E-state index is 11.9. The lowest BCUT2D eigenvalue weighted by atomic mass is 9.87. The van der Waals surface area contributed by atoms with E-state index in [-0.39, 0.29) is 11.3 Å². The highest BCUT2D eigenvalue weighted by atomic mass is 16.5. The molecule has 0 bridgehead atoms. The zero-order chi connectivity index (χ0) is 17.6.